The number of likely N-dealkylation sites (N-methyl/N-ethyl adjacent to an activating group) is 1. The lowest BCUT2D eigenvalue weighted by atomic mass is 10.0. The van der Waals surface area contributed by atoms with E-state index in [1.165, 1.54) is 167 Å². The van der Waals surface area contributed by atoms with Crippen molar-refractivity contribution in [1.82, 2.24) is 5.32 Å². The molecule has 0 aromatic heterocycles. The van der Waals surface area contributed by atoms with Gasteiger partial charge in [0.2, 0.25) is 5.91 Å². The van der Waals surface area contributed by atoms with E-state index in [9.17, 15) is 19.0 Å². The molecule has 0 aromatic rings. The van der Waals surface area contributed by atoms with Gasteiger partial charge in [-0.05, 0) is 89.5 Å². The molecule has 3 unspecified atom stereocenters. The molecular formula is C69H125N2O7P. The Morgan fingerprint density at radius 3 is 1.34 bits per heavy atom. The molecule has 0 saturated carbocycles. The zero-order valence-corrected chi connectivity index (χ0v) is 53.2. The third-order valence-corrected chi connectivity index (χ3v) is 15.3. The molecule has 0 aliphatic carbocycles. The molecule has 0 bridgehead atoms. The fourth-order valence-corrected chi connectivity index (χ4v) is 10.0. The van der Waals surface area contributed by atoms with Crippen molar-refractivity contribution in [2.45, 2.75) is 303 Å². The summed E-state index contributed by atoms with van der Waals surface area (Å²) in [5.74, 6) is -0.554. The lowest BCUT2D eigenvalue weighted by Gasteiger charge is -2.30. The molecule has 1 amide bonds. The Labute approximate surface area is 488 Å². The van der Waals surface area contributed by atoms with Crippen LogP contribution in [0.4, 0.5) is 0 Å². The summed E-state index contributed by atoms with van der Waals surface area (Å²) in [4.78, 5) is 40.0. The van der Waals surface area contributed by atoms with Crippen LogP contribution in [-0.4, -0.2) is 69.4 Å². The maximum absolute atomic E-state index is 13.5. The van der Waals surface area contributed by atoms with Crippen molar-refractivity contribution in [3.05, 3.63) is 85.1 Å². The van der Waals surface area contributed by atoms with Crippen molar-refractivity contribution < 1.29 is 37.3 Å². The number of unbranched alkanes of at least 4 members (excludes halogenated alkanes) is 33. The van der Waals surface area contributed by atoms with Gasteiger partial charge >= 0.3 is 5.97 Å². The summed E-state index contributed by atoms with van der Waals surface area (Å²) in [7, 11) is 1.17. The Kier molecular flexibility index (Phi) is 56.3. The predicted octanol–water partition coefficient (Wildman–Crippen LogP) is 19.9. The van der Waals surface area contributed by atoms with E-state index < -0.39 is 26.6 Å². The van der Waals surface area contributed by atoms with Gasteiger partial charge in [-0.15, -0.1) is 0 Å². The third kappa shape index (κ3) is 59.6. The van der Waals surface area contributed by atoms with Gasteiger partial charge < -0.3 is 28.5 Å². The van der Waals surface area contributed by atoms with Gasteiger partial charge in [-0.2, -0.15) is 0 Å². The fraction of sp³-hybridized carbons (Fsp3) is 0.768. The van der Waals surface area contributed by atoms with Crippen molar-refractivity contribution in [2.24, 2.45) is 0 Å². The van der Waals surface area contributed by atoms with E-state index in [4.69, 9.17) is 13.8 Å². The number of ether oxygens (including phenoxy) is 1. The molecule has 79 heavy (non-hydrogen) atoms. The number of phosphoric acid groups is 1. The van der Waals surface area contributed by atoms with E-state index in [-0.39, 0.29) is 24.9 Å². The highest BCUT2D eigenvalue weighted by molar-refractivity contribution is 7.45. The molecule has 0 radical (unpaired) electrons. The molecule has 0 spiro atoms. The van der Waals surface area contributed by atoms with Crippen LogP contribution < -0.4 is 10.2 Å². The predicted molar refractivity (Wildman–Crippen MR) is 339 cm³/mol. The van der Waals surface area contributed by atoms with E-state index in [2.05, 4.69) is 99.0 Å². The summed E-state index contributed by atoms with van der Waals surface area (Å²) in [6, 6.07) is -0.898. The van der Waals surface area contributed by atoms with Crippen LogP contribution in [0.1, 0.15) is 290 Å². The third-order valence-electron chi connectivity index (χ3n) is 14.4. The van der Waals surface area contributed by atoms with Crippen LogP contribution in [0, 0.1) is 0 Å². The summed E-state index contributed by atoms with van der Waals surface area (Å²) >= 11 is 0. The lowest BCUT2D eigenvalue weighted by Crippen LogP contribution is -2.47. The highest BCUT2D eigenvalue weighted by atomic mass is 31.2. The molecule has 10 heteroatoms. The maximum Gasteiger partial charge on any atom is 0.306 e. The van der Waals surface area contributed by atoms with Gasteiger partial charge in [0.15, 0.2) is 0 Å². The summed E-state index contributed by atoms with van der Waals surface area (Å²) in [6.45, 7) is 6.68. The van der Waals surface area contributed by atoms with E-state index in [1.54, 1.807) is 0 Å². The smallest absolute Gasteiger partial charge is 0.306 e. The van der Waals surface area contributed by atoms with Crippen LogP contribution in [0.25, 0.3) is 0 Å². The van der Waals surface area contributed by atoms with E-state index in [0.29, 0.717) is 17.4 Å². The van der Waals surface area contributed by atoms with Crippen molar-refractivity contribution in [2.75, 3.05) is 40.9 Å². The first-order valence-electron chi connectivity index (χ1n) is 32.9. The summed E-state index contributed by atoms with van der Waals surface area (Å²) in [6.07, 6.45) is 77.1. The topological polar surface area (TPSA) is 114 Å². The number of rotatable bonds is 59. The van der Waals surface area contributed by atoms with Crippen LogP contribution in [-0.2, 0) is 27.9 Å². The molecule has 0 aromatic carbocycles. The van der Waals surface area contributed by atoms with E-state index in [1.807, 2.05) is 33.3 Å². The first-order valence-corrected chi connectivity index (χ1v) is 34.4. The number of allylic oxidation sites excluding steroid dienone is 13. The second kappa shape index (κ2) is 58.4. The van der Waals surface area contributed by atoms with E-state index >= 15 is 0 Å². The van der Waals surface area contributed by atoms with Crippen molar-refractivity contribution in [3.63, 3.8) is 0 Å². The zero-order valence-electron chi connectivity index (χ0n) is 52.3. The van der Waals surface area contributed by atoms with Crippen molar-refractivity contribution >= 4 is 19.7 Å². The van der Waals surface area contributed by atoms with Gasteiger partial charge in [0.25, 0.3) is 7.82 Å². The Balaban J connectivity index is 5.02. The molecule has 3 atom stereocenters. The van der Waals surface area contributed by atoms with Crippen molar-refractivity contribution in [1.29, 1.82) is 0 Å². The molecule has 1 N–H and O–H groups in total. The highest BCUT2D eigenvalue weighted by Crippen LogP contribution is 2.38. The van der Waals surface area contributed by atoms with E-state index in [0.717, 1.165) is 89.9 Å². The Morgan fingerprint density at radius 1 is 0.468 bits per heavy atom. The van der Waals surface area contributed by atoms with Gasteiger partial charge in [-0.1, -0.05) is 273 Å². The summed E-state index contributed by atoms with van der Waals surface area (Å²) in [5.41, 5.74) is 0. The minimum atomic E-state index is -4.70. The van der Waals surface area contributed by atoms with Gasteiger partial charge in [0.05, 0.1) is 33.8 Å². The minimum Gasteiger partial charge on any atom is -0.756 e. The number of quaternary nitrogens is 1. The number of esters is 1. The first-order chi connectivity index (χ1) is 38.4. The molecule has 0 rings (SSSR count). The molecule has 0 heterocycles. The number of hydrogen-bond donors (Lipinski definition) is 1. The quantitative estimate of drug-likeness (QED) is 0.0161. The van der Waals surface area contributed by atoms with Crippen LogP contribution >= 0.6 is 7.82 Å². The minimum absolute atomic E-state index is 0.0275. The van der Waals surface area contributed by atoms with Gasteiger partial charge in [0.1, 0.15) is 19.3 Å². The zero-order chi connectivity index (χ0) is 57.9. The standard InChI is InChI=1S/C69H125N2O7P/c1-7-10-13-16-19-22-25-27-29-30-31-32-33-34-35-36-37-38-39-40-42-44-47-50-53-56-59-62-69(73)78-67(60-57-54-51-48-45-24-21-18-15-12-9-3)66(65-77-79(74,75)76-64-63-71(4,5)6)70-68(72)61-58-55-52-49-46-43-41-28-26-23-20-17-14-11-8-2/h11,14,17,19-20,22-23,26-27,29,31-32,57,60,66-67H,7-10,12-13,15-16,18,21,24-25,28,30,33-56,58-59,61-65H2,1-6H3,(H-,70,72,74,75)/b14-11+,20-17+,22-19-,26-23+,29-27-,32-31-,60-57-. The first kappa shape index (κ1) is 76.2. The number of phosphoric ester groups is 1. The maximum atomic E-state index is 13.5. The lowest BCUT2D eigenvalue weighted by molar-refractivity contribution is -0.870. The van der Waals surface area contributed by atoms with Crippen LogP contribution in [0.5, 0.6) is 0 Å². The summed E-state index contributed by atoms with van der Waals surface area (Å²) < 4.78 is 30.3. The average Bonchev–Trinajstić information content (AvgIpc) is 3.41. The van der Waals surface area contributed by atoms with Crippen LogP contribution in [0.2, 0.25) is 0 Å². The number of nitrogens with one attached hydrogen (secondary N) is 1. The number of carbonyl (C=O) groups is 2. The van der Waals surface area contributed by atoms with Crippen LogP contribution in [0.15, 0.2) is 85.1 Å². The van der Waals surface area contributed by atoms with Crippen LogP contribution in [0.3, 0.4) is 0 Å². The van der Waals surface area contributed by atoms with Gasteiger partial charge in [-0.3, -0.25) is 14.2 Å². The molecular weight excluding hydrogens is 1000 g/mol. The second-order valence-corrected chi connectivity index (χ2v) is 24.7. The molecule has 0 fully saturated rings. The molecule has 458 valence electrons. The number of amides is 1. The molecule has 0 aliphatic rings. The number of nitrogens with zero attached hydrogens (tertiary/aromatic N) is 1. The SMILES string of the molecule is CC/C=C/C=C/C=C/CCCCCCCCCC(=O)NC(COP(=O)([O-])OCC[N+](C)(C)C)C(/C=C\CCCCCCCCCCC)OC(=O)CCCCCCCCCCCCCCCC/C=C\C/C=C\C/C=C\CCCCC. The molecule has 0 aliphatic heterocycles. The van der Waals surface area contributed by atoms with Gasteiger partial charge in [-0.25, -0.2) is 0 Å². The Morgan fingerprint density at radius 2 is 0.861 bits per heavy atom. The van der Waals surface area contributed by atoms with Crippen molar-refractivity contribution in [3.8, 4) is 0 Å². The Bertz CT molecular complexity index is 1630. The number of carbonyl (C=O) groups excluding carboxylic acids is 2. The Hall–Kier alpha value is -2.81. The highest BCUT2D eigenvalue weighted by Gasteiger charge is 2.27. The number of hydrogen-bond acceptors (Lipinski definition) is 7. The average molecular weight is 1130 g/mol. The molecule has 0 saturated heterocycles. The molecule has 9 nitrogen and oxygen atoms in total. The monoisotopic (exact) mass is 1120 g/mol. The largest absolute Gasteiger partial charge is 0.756 e. The van der Waals surface area contributed by atoms with Gasteiger partial charge in [0, 0.05) is 12.8 Å². The summed E-state index contributed by atoms with van der Waals surface area (Å²) in [5, 5.41) is 3.02. The second-order valence-electron chi connectivity index (χ2n) is 23.3. The fourth-order valence-electron chi connectivity index (χ4n) is 9.29. The normalized spacial score (nSPS) is 14.2.